The smallest absolute Gasteiger partial charge is 0.326 e. The molecule has 0 aromatic carbocycles. The Labute approximate surface area is 88.6 Å². The molecule has 0 radical (unpaired) electrons. The fourth-order valence-electron chi connectivity index (χ4n) is 0.822. The van der Waals surface area contributed by atoms with E-state index in [-0.39, 0.29) is 6.42 Å². The van der Waals surface area contributed by atoms with Crippen molar-refractivity contribution in [2.24, 2.45) is 0 Å². The van der Waals surface area contributed by atoms with Crippen LogP contribution >= 0.6 is 0 Å². The first-order valence-corrected chi connectivity index (χ1v) is 6.37. The fraction of sp³-hybridized carbons (Fsp3) is 0.750. The second-order valence-corrected chi connectivity index (χ2v) is 5.65. The number of sulfone groups is 1. The molecule has 0 aromatic heterocycles. The summed E-state index contributed by atoms with van der Waals surface area (Å²) in [5.41, 5.74) is 0. The number of carbonyl (C=O) groups is 2. The van der Waals surface area contributed by atoms with Crippen molar-refractivity contribution in [2.75, 3.05) is 6.26 Å². The minimum atomic E-state index is -3.49. The Balaban J connectivity index is 4.56. The lowest BCUT2D eigenvalue weighted by Gasteiger charge is -2.15. The molecule has 0 heterocycles. The third-order valence-corrected chi connectivity index (χ3v) is 3.53. The van der Waals surface area contributed by atoms with E-state index in [4.69, 9.17) is 5.11 Å². The molecule has 0 saturated heterocycles. The molecular weight excluding hydrogens is 222 g/mol. The summed E-state index contributed by atoms with van der Waals surface area (Å²) in [5.74, 6) is -1.96. The fourth-order valence-corrected chi connectivity index (χ4v) is 1.28. The average Bonchev–Trinajstić information content (AvgIpc) is 2.10. The van der Waals surface area contributed by atoms with Crippen molar-refractivity contribution in [3.8, 4) is 0 Å². The Bertz CT molecular complexity index is 348. The summed E-state index contributed by atoms with van der Waals surface area (Å²) in [5, 5.41) is 9.57. The third-order valence-electron chi connectivity index (χ3n) is 2.03. The molecule has 1 amide bonds. The minimum absolute atomic E-state index is 0.206. The molecule has 0 aliphatic rings. The molecule has 0 saturated carbocycles. The predicted octanol–water partition coefficient (Wildman–Crippen LogP) is -0.601. The number of carboxylic acids is 1. The SMILES string of the molecule is CC[C@H](NC(=O)C(C)S(C)(=O)=O)C(=O)O. The first-order chi connectivity index (χ1) is 6.70. The highest BCUT2D eigenvalue weighted by atomic mass is 32.2. The molecule has 6 nitrogen and oxygen atoms in total. The average molecular weight is 237 g/mol. The number of amides is 1. The maximum absolute atomic E-state index is 11.3. The Morgan fingerprint density at radius 2 is 1.87 bits per heavy atom. The number of hydrogen-bond acceptors (Lipinski definition) is 4. The van der Waals surface area contributed by atoms with Crippen molar-refractivity contribution < 1.29 is 23.1 Å². The van der Waals surface area contributed by atoms with Gasteiger partial charge in [-0.1, -0.05) is 6.92 Å². The zero-order valence-electron chi connectivity index (χ0n) is 8.85. The largest absolute Gasteiger partial charge is 0.480 e. The van der Waals surface area contributed by atoms with Crippen LogP contribution in [0.1, 0.15) is 20.3 Å². The van der Waals surface area contributed by atoms with Gasteiger partial charge in [0.25, 0.3) is 0 Å². The van der Waals surface area contributed by atoms with Gasteiger partial charge in [-0.05, 0) is 13.3 Å². The van der Waals surface area contributed by atoms with E-state index in [9.17, 15) is 18.0 Å². The number of carbonyl (C=O) groups excluding carboxylic acids is 1. The zero-order valence-corrected chi connectivity index (χ0v) is 9.67. The van der Waals surface area contributed by atoms with Crippen molar-refractivity contribution in [2.45, 2.75) is 31.6 Å². The maximum atomic E-state index is 11.3. The summed E-state index contributed by atoms with van der Waals surface area (Å²) in [6, 6.07) is -1.04. The monoisotopic (exact) mass is 237 g/mol. The first-order valence-electron chi connectivity index (χ1n) is 4.42. The van der Waals surface area contributed by atoms with Crippen LogP contribution in [0.15, 0.2) is 0 Å². The number of rotatable bonds is 5. The zero-order chi connectivity index (χ0) is 12.2. The molecule has 2 N–H and O–H groups in total. The topological polar surface area (TPSA) is 101 Å². The van der Waals surface area contributed by atoms with E-state index < -0.39 is 33.0 Å². The van der Waals surface area contributed by atoms with E-state index in [1.165, 1.54) is 6.92 Å². The molecule has 0 spiro atoms. The van der Waals surface area contributed by atoms with Gasteiger partial charge >= 0.3 is 5.97 Å². The highest BCUT2D eigenvalue weighted by molar-refractivity contribution is 7.92. The molecule has 0 aliphatic heterocycles. The van der Waals surface area contributed by atoms with E-state index >= 15 is 0 Å². The van der Waals surface area contributed by atoms with Gasteiger partial charge in [-0.15, -0.1) is 0 Å². The van der Waals surface area contributed by atoms with Crippen molar-refractivity contribution in [1.29, 1.82) is 0 Å². The molecule has 0 fully saturated rings. The van der Waals surface area contributed by atoms with Gasteiger partial charge in [0.05, 0.1) is 0 Å². The third kappa shape index (κ3) is 4.28. The van der Waals surface area contributed by atoms with Crippen LogP contribution in [0.5, 0.6) is 0 Å². The van der Waals surface area contributed by atoms with Crippen molar-refractivity contribution in [3.05, 3.63) is 0 Å². The summed E-state index contributed by atoms with van der Waals surface area (Å²) < 4.78 is 22.0. The van der Waals surface area contributed by atoms with Crippen LogP contribution in [0.3, 0.4) is 0 Å². The highest BCUT2D eigenvalue weighted by Gasteiger charge is 2.27. The second kappa shape index (κ2) is 5.11. The lowest BCUT2D eigenvalue weighted by atomic mass is 10.2. The first kappa shape index (κ1) is 13.9. The van der Waals surface area contributed by atoms with Crippen LogP contribution in [0.4, 0.5) is 0 Å². The van der Waals surface area contributed by atoms with Gasteiger partial charge in [-0.25, -0.2) is 13.2 Å². The molecule has 0 bridgehead atoms. The lowest BCUT2D eigenvalue weighted by Crippen LogP contribution is -2.46. The van der Waals surface area contributed by atoms with Gasteiger partial charge in [-0.3, -0.25) is 4.79 Å². The van der Waals surface area contributed by atoms with E-state index in [1.54, 1.807) is 6.92 Å². The molecule has 0 aromatic rings. The van der Waals surface area contributed by atoms with Crippen LogP contribution in [0.2, 0.25) is 0 Å². The molecular formula is C8H15NO5S. The Kier molecular flexibility index (Phi) is 4.73. The van der Waals surface area contributed by atoms with Crippen LogP contribution in [-0.4, -0.2) is 42.9 Å². The van der Waals surface area contributed by atoms with Gasteiger partial charge in [0.15, 0.2) is 9.84 Å². The number of hydrogen-bond donors (Lipinski definition) is 2. The van der Waals surface area contributed by atoms with Gasteiger partial charge < -0.3 is 10.4 Å². The summed E-state index contributed by atoms with van der Waals surface area (Å²) >= 11 is 0. The van der Waals surface area contributed by atoms with Crippen molar-refractivity contribution in [1.82, 2.24) is 5.32 Å². The van der Waals surface area contributed by atoms with E-state index in [0.29, 0.717) is 0 Å². The second-order valence-electron chi connectivity index (χ2n) is 3.28. The number of nitrogens with one attached hydrogen (secondary N) is 1. The van der Waals surface area contributed by atoms with Gasteiger partial charge in [-0.2, -0.15) is 0 Å². The predicted molar refractivity (Wildman–Crippen MR) is 54.2 cm³/mol. The molecule has 15 heavy (non-hydrogen) atoms. The van der Waals surface area contributed by atoms with Gasteiger partial charge in [0.1, 0.15) is 11.3 Å². The molecule has 1 unspecified atom stereocenters. The summed E-state index contributed by atoms with van der Waals surface area (Å²) in [6.45, 7) is 2.81. The van der Waals surface area contributed by atoms with Crippen molar-refractivity contribution >= 4 is 21.7 Å². The van der Waals surface area contributed by atoms with Gasteiger partial charge in [0, 0.05) is 6.26 Å². The summed E-state index contributed by atoms with van der Waals surface area (Å²) in [7, 11) is -3.49. The van der Waals surface area contributed by atoms with Crippen LogP contribution in [-0.2, 0) is 19.4 Å². The molecule has 7 heteroatoms. The summed E-state index contributed by atoms with van der Waals surface area (Å²) in [4.78, 5) is 21.9. The standard InChI is InChI=1S/C8H15NO5S/c1-4-6(8(11)12)9-7(10)5(2)15(3,13)14/h5-6H,4H2,1-3H3,(H,9,10)(H,11,12)/t5?,6-/m0/s1. The van der Waals surface area contributed by atoms with E-state index in [1.807, 2.05) is 0 Å². The van der Waals surface area contributed by atoms with Crippen molar-refractivity contribution in [3.63, 3.8) is 0 Å². The normalized spacial score (nSPS) is 15.4. The van der Waals surface area contributed by atoms with Crippen LogP contribution in [0.25, 0.3) is 0 Å². The van der Waals surface area contributed by atoms with Crippen LogP contribution in [0, 0.1) is 0 Å². The maximum Gasteiger partial charge on any atom is 0.326 e. The van der Waals surface area contributed by atoms with Crippen LogP contribution < -0.4 is 5.32 Å². The van der Waals surface area contributed by atoms with Gasteiger partial charge in [0.2, 0.25) is 5.91 Å². The lowest BCUT2D eigenvalue weighted by molar-refractivity contribution is -0.141. The molecule has 0 aliphatic carbocycles. The molecule has 2 atom stereocenters. The molecule has 88 valence electrons. The van der Waals surface area contributed by atoms with E-state index in [0.717, 1.165) is 6.26 Å². The molecule has 0 rings (SSSR count). The number of aliphatic carboxylic acids is 1. The quantitative estimate of drug-likeness (QED) is 0.665. The van der Waals surface area contributed by atoms with E-state index in [2.05, 4.69) is 5.32 Å². The Morgan fingerprint density at radius 3 is 2.13 bits per heavy atom. The number of carboxylic acid groups (broad SMARTS) is 1. The Morgan fingerprint density at radius 1 is 1.40 bits per heavy atom. The summed E-state index contributed by atoms with van der Waals surface area (Å²) in [6.07, 6.45) is 1.14. The highest BCUT2D eigenvalue weighted by Crippen LogP contribution is 2.00. The Hall–Kier alpha value is -1.11. The minimum Gasteiger partial charge on any atom is -0.480 e.